The average molecular weight is 511 g/mol. The lowest BCUT2D eigenvalue weighted by Gasteiger charge is -2.46. The number of aliphatic hydroxyl groups is 1. The molecule has 0 saturated carbocycles. The first-order chi connectivity index (χ1) is 17.1. The third kappa shape index (κ3) is 3.52. The van der Waals surface area contributed by atoms with Crippen molar-refractivity contribution in [3.8, 4) is 0 Å². The van der Waals surface area contributed by atoms with Crippen molar-refractivity contribution in [1.82, 2.24) is 14.3 Å². The lowest BCUT2D eigenvalue weighted by atomic mass is 9.77. The van der Waals surface area contributed by atoms with Crippen LogP contribution in [0.2, 0.25) is 0 Å². The van der Waals surface area contributed by atoms with Crippen LogP contribution in [0.5, 0.6) is 0 Å². The van der Waals surface area contributed by atoms with Gasteiger partial charge in [-0.3, -0.25) is 24.1 Å². The van der Waals surface area contributed by atoms with Crippen molar-refractivity contribution < 1.29 is 29.2 Å². The molecule has 11 nitrogen and oxygen atoms in total. The number of β-lactam (4-membered cyclic amide) rings is 1. The van der Waals surface area contributed by atoms with Gasteiger partial charge in [-0.2, -0.15) is 0 Å². The van der Waals surface area contributed by atoms with Gasteiger partial charge in [0.2, 0.25) is 5.91 Å². The quantitative estimate of drug-likeness (QED) is 0.168. The van der Waals surface area contributed by atoms with Crippen LogP contribution < -0.4 is 0 Å². The summed E-state index contributed by atoms with van der Waals surface area (Å²) in [4.78, 5) is 55.1. The summed E-state index contributed by atoms with van der Waals surface area (Å²) >= 11 is 1.29. The number of aromatic nitrogens is 2. The van der Waals surface area contributed by atoms with Gasteiger partial charge in [0.15, 0.2) is 6.29 Å². The van der Waals surface area contributed by atoms with Crippen LogP contribution in [0.1, 0.15) is 40.6 Å². The zero-order chi connectivity index (χ0) is 25.9. The van der Waals surface area contributed by atoms with E-state index in [1.54, 1.807) is 24.4 Å². The van der Waals surface area contributed by atoms with Crippen molar-refractivity contribution in [1.29, 1.82) is 0 Å². The molecule has 0 spiro atoms. The number of thiazole rings is 1. The molecular weight excluding hydrogens is 488 g/mol. The number of amides is 1. The Morgan fingerprint density at radius 1 is 1.36 bits per heavy atom. The van der Waals surface area contributed by atoms with Gasteiger partial charge in [0.1, 0.15) is 28.7 Å². The fraction of sp³-hybridized carbons (Fsp3) is 0.333. The third-order valence-electron chi connectivity index (χ3n) is 6.78. The fourth-order valence-corrected chi connectivity index (χ4v) is 6.30. The summed E-state index contributed by atoms with van der Waals surface area (Å²) in [5.74, 6) is -1.37. The normalized spacial score (nSPS) is 21.9. The Balaban J connectivity index is 1.52. The third-order valence-corrected chi connectivity index (χ3v) is 7.93. The van der Waals surface area contributed by atoms with Crippen molar-refractivity contribution in [3.05, 3.63) is 68.2 Å². The molecule has 1 aromatic carbocycles. The van der Waals surface area contributed by atoms with Gasteiger partial charge in [-0.1, -0.05) is 6.92 Å². The summed E-state index contributed by atoms with van der Waals surface area (Å²) in [6.07, 6.45) is 1.58. The number of carbonyl (C=O) groups is 3. The smallest absolute Gasteiger partial charge is 0.355 e. The molecule has 2 aromatic heterocycles. The van der Waals surface area contributed by atoms with E-state index in [-0.39, 0.29) is 29.8 Å². The second kappa shape index (κ2) is 8.64. The van der Waals surface area contributed by atoms with Crippen molar-refractivity contribution in [2.75, 3.05) is 0 Å². The zero-order valence-electron chi connectivity index (χ0n) is 19.6. The topological polar surface area (TPSA) is 144 Å². The highest BCUT2D eigenvalue weighted by Gasteiger charge is 2.60. The molecule has 2 aliphatic heterocycles. The Morgan fingerprint density at radius 3 is 2.67 bits per heavy atom. The molecule has 1 amide bonds. The molecule has 12 heteroatoms. The lowest BCUT2D eigenvalue weighted by molar-refractivity contribution is -0.384. The van der Waals surface area contributed by atoms with Gasteiger partial charge in [0.05, 0.1) is 27.9 Å². The predicted molar refractivity (Wildman–Crippen MR) is 128 cm³/mol. The van der Waals surface area contributed by atoms with Crippen LogP contribution in [-0.4, -0.2) is 54.6 Å². The monoisotopic (exact) mass is 510 g/mol. The molecule has 0 unspecified atom stereocenters. The SMILES string of the molecule is Cc1nc(C=O)c2sc(C3=C(C(=O)OCc4ccc([N+](=O)[O-])cc4)N4C(=O)[C@H]([C@@H](C)O)[C@H]4[C@H]3C)cn12. The molecule has 1 fully saturated rings. The van der Waals surface area contributed by atoms with Gasteiger partial charge in [0.25, 0.3) is 5.69 Å². The molecule has 2 aliphatic rings. The van der Waals surface area contributed by atoms with Crippen molar-refractivity contribution in [3.63, 3.8) is 0 Å². The molecule has 1 N–H and O–H groups in total. The molecule has 4 heterocycles. The lowest BCUT2D eigenvalue weighted by Crippen LogP contribution is -2.63. The summed E-state index contributed by atoms with van der Waals surface area (Å²) in [7, 11) is 0. The first-order valence-electron chi connectivity index (χ1n) is 11.2. The number of aliphatic hydroxyl groups excluding tert-OH is 1. The Hall–Kier alpha value is -3.90. The number of nitrogens with zero attached hydrogens (tertiary/aromatic N) is 4. The second-order valence-electron chi connectivity index (χ2n) is 8.95. The number of benzene rings is 1. The summed E-state index contributed by atoms with van der Waals surface area (Å²) in [5.41, 5.74) is 1.48. The molecule has 0 radical (unpaired) electrons. The molecule has 36 heavy (non-hydrogen) atoms. The van der Waals surface area contributed by atoms with E-state index in [2.05, 4.69) is 4.98 Å². The van der Waals surface area contributed by atoms with Crippen molar-refractivity contribution in [2.45, 2.75) is 39.5 Å². The number of aryl methyl sites for hydroxylation is 1. The van der Waals surface area contributed by atoms with Gasteiger partial charge in [-0.25, -0.2) is 9.78 Å². The number of hydrogen-bond donors (Lipinski definition) is 1. The molecule has 186 valence electrons. The summed E-state index contributed by atoms with van der Waals surface area (Å²) in [6.45, 7) is 5.08. The Kier molecular flexibility index (Phi) is 5.72. The van der Waals surface area contributed by atoms with Crippen LogP contribution in [0.25, 0.3) is 10.4 Å². The first kappa shape index (κ1) is 23.8. The number of nitro benzene ring substituents is 1. The van der Waals surface area contributed by atoms with Gasteiger partial charge in [-0.15, -0.1) is 11.3 Å². The number of esters is 1. The van der Waals surface area contributed by atoms with E-state index in [0.717, 1.165) is 0 Å². The number of aldehydes is 1. The first-order valence-corrected chi connectivity index (χ1v) is 12.1. The standard InChI is InChI=1S/C24H22N4O7S/c1-11-18(17-8-26-13(3)25-16(9-29)23(26)36-17)21(27-20(11)19(12(2)30)22(27)31)24(32)35-10-14-4-6-15(7-5-14)28(33)34/h4-9,11-12,19-20,30H,10H2,1-3H3/t11-,12+,19+,20+/m0/s1. The maximum Gasteiger partial charge on any atom is 0.355 e. The summed E-state index contributed by atoms with van der Waals surface area (Å²) < 4.78 is 7.31. The molecule has 3 aromatic rings. The van der Waals surface area contributed by atoms with Gasteiger partial charge in [-0.05, 0) is 31.5 Å². The molecular formula is C24H22N4O7S. The van der Waals surface area contributed by atoms with E-state index in [0.29, 0.717) is 38.6 Å². The van der Waals surface area contributed by atoms with Gasteiger partial charge >= 0.3 is 5.97 Å². The highest BCUT2D eigenvalue weighted by atomic mass is 32.1. The number of fused-ring (bicyclic) bond motifs is 2. The molecule has 1 saturated heterocycles. The summed E-state index contributed by atoms with van der Waals surface area (Å²) in [5, 5.41) is 21.1. The number of imidazole rings is 1. The molecule has 5 rings (SSSR count). The minimum Gasteiger partial charge on any atom is -0.456 e. The Morgan fingerprint density at radius 2 is 2.06 bits per heavy atom. The number of rotatable bonds is 7. The highest BCUT2D eigenvalue weighted by Crippen LogP contribution is 2.51. The number of non-ortho nitro benzene ring substituents is 1. The van der Waals surface area contributed by atoms with E-state index in [9.17, 15) is 29.6 Å². The average Bonchev–Trinajstić information content (AvgIpc) is 3.47. The van der Waals surface area contributed by atoms with Crippen LogP contribution in [0.4, 0.5) is 5.69 Å². The van der Waals surface area contributed by atoms with E-state index in [1.807, 2.05) is 6.92 Å². The second-order valence-corrected chi connectivity index (χ2v) is 9.98. The molecule has 0 aliphatic carbocycles. The maximum absolute atomic E-state index is 13.4. The van der Waals surface area contributed by atoms with Crippen LogP contribution in [-0.2, 0) is 20.9 Å². The predicted octanol–water partition coefficient (Wildman–Crippen LogP) is 2.74. The largest absolute Gasteiger partial charge is 0.456 e. The minimum atomic E-state index is -0.884. The van der Waals surface area contributed by atoms with Crippen molar-refractivity contribution >= 4 is 45.6 Å². The maximum atomic E-state index is 13.4. The van der Waals surface area contributed by atoms with Gasteiger partial charge < -0.3 is 14.7 Å². The van der Waals surface area contributed by atoms with Gasteiger partial charge in [0, 0.05) is 29.8 Å². The van der Waals surface area contributed by atoms with E-state index >= 15 is 0 Å². The number of nitro groups is 1. The minimum absolute atomic E-state index is 0.0774. The summed E-state index contributed by atoms with van der Waals surface area (Å²) in [6, 6.07) is 5.24. The van der Waals surface area contributed by atoms with Crippen LogP contribution >= 0.6 is 11.3 Å². The van der Waals surface area contributed by atoms with E-state index in [1.165, 1.54) is 40.5 Å². The van der Waals surface area contributed by atoms with Crippen LogP contribution in [0.15, 0.2) is 36.2 Å². The van der Waals surface area contributed by atoms with E-state index in [4.69, 9.17) is 4.74 Å². The fourth-order valence-electron chi connectivity index (χ4n) is 5.06. The number of ether oxygens (including phenoxy) is 1. The zero-order valence-corrected chi connectivity index (χ0v) is 20.4. The number of hydrogen-bond acceptors (Lipinski definition) is 9. The Bertz CT molecular complexity index is 1450. The van der Waals surface area contributed by atoms with Crippen molar-refractivity contribution in [2.24, 2.45) is 11.8 Å². The van der Waals surface area contributed by atoms with Crippen LogP contribution in [0.3, 0.4) is 0 Å². The van der Waals surface area contributed by atoms with E-state index < -0.39 is 29.0 Å². The van der Waals surface area contributed by atoms with Crippen LogP contribution in [0, 0.1) is 28.9 Å². The molecule has 4 atom stereocenters. The molecule has 0 bridgehead atoms. The highest BCUT2D eigenvalue weighted by molar-refractivity contribution is 7.18. The number of carbonyl (C=O) groups excluding carboxylic acids is 3. The Labute approximate surface area is 208 Å².